The third-order valence-corrected chi connectivity index (χ3v) is 6.38. The van der Waals surface area contributed by atoms with E-state index in [1.165, 1.54) is 0 Å². The normalized spacial score (nSPS) is 27.1. The van der Waals surface area contributed by atoms with E-state index >= 15 is 0 Å². The topological polar surface area (TPSA) is 83.4 Å². The van der Waals surface area contributed by atoms with Gasteiger partial charge in [0.2, 0.25) is 11.8 Å². The number of hydrogen-bond donors (Lipinski definition) is 1. The number of hydrogen-bond acceptors (Lipinski definition) is 5. The van der Waals surface area contributed by atoms with Gasteiger partial charge in [0.05, 0.1) is 11.8 Å². The molecule has 2 unspecified atom stereocenters. The first-order valence-corrected chi connectivity index (χ1v) is 10.3. The van der Waals surface area contributed by atoms with Crippen LogP contribution in [-0.4, -0.2) is 75.6 Å². The van der Waals surface area contributed by atoms with Crippen LogP contribution in [0.5, 0.6) is 0 Å². The number of rotatable bonds is 3. The Hall–Kier alpha value is -1.96. The van der Waals surface area contributed by atoms with Gasteiger partial charge in [0.1, 0.15) is 12.2 Å². The summed E-state index contributed by atoms with van der Waals surface area (Å²) in [7, 11) is 1.97. The molecule has 1 N–H and O–H groups in total. The van der Waals surface area contributed by atoms with Gasteiger partial charge in [-0.3, -0.25) is 9.59 Å². The van der Waals surface area contributed by atoms with Crippen LogP contribution in [0.4, 0.5) is 0 Å². The van der Waals surface area contributed by atoms with E-state index in [2.05, 4.69) is 15.5 Å². The van der Waals surface area contributed by atoms with Gasteiger partial charge in [0, 0.05) is 52.2 Å². The summed E-state index contributed by atoms with van der Waals surface area (Å²) in [5.74, 6) is 1.69. The van der Waals surface area contributed by atoms with E-state index in [1.54, 1.807) is 6.33 Å². The number of carbonyl (C=O) groups is 2. The molecule has 1 aromatic heterocycles. The SMILES string of the molecule is Cn1cnnc1C1CCN(C(=O)C2CNCC(C(=O)N3CCCC3)C2)CC1. The molecule has 3 saturated heterocycles. The third-order valence-electron chi connectivity index (χ3n) is 6.38. The molecule has 2 atom stereocenters. The van der Waals surface area contributed by atoms with E-state index in [0.29, 0.717) is 25.4 Å². The molecule has 8 nitrogen and oxygen atoms in total. The highest BCUT2D eigenvalue weighted by molar-refractivity contribution is 5.83. The predicted molar refractivity (Wildman–Crippen MR) is 99.8 cm³/mol. The van der Waals surface area contributed by atoms with E-state index in [9.17, 15) is 9.59 Å². The molecule has 8 heteroatoms. The lowest BCUT2D eigenvalue weighted by molar-refractivity contribution is -0.140. The minimum Gasteiger partial charge on any atom is -0.342 e. The van der Waals surface area contributed by atoms with Crippen LogP contribution in [0.15, 0.2) is 6.33 Å². The van der Waals surface area contributed by atoms with E-state index in [4.69, 9.17) is 0 Å². The van der Waals surface area contributed by atoms with Crippen molar-refractivity contribution in [2.45, 2.75) is 38.0 Å². The van der Waals surface area contributed by atoms with Crippen molar-refractivity contribution in [2.24, 2.45) is 18.9 Å². The largest absolute Gasteiger partial charge is 0.342 e. The Labute approximate surface area is 160 Å². The molecule has 0 bridgehead atoms. The van der Waals surface area contributed by atoms with Crippen molar-refractivity contribution in [3.8, 4) is 0 Å². The maximum absolute atomic E-state index is 13.0. The molecular weight excluding hydrogens is 344 g/mol. The van der Waals surface area contributed by atoms with E-state index in [1.807, 2.05) is 21.4 Å². The molecule has 1 aromatic rings. The second-order valence-corrected chi connectivity index (χ2v) is 8.22. The van der Waals surface area contributed by atoms with Gasteiger partial charge in [-0.15, -0.1) is 10.2 Å². The summed E-state index contributed by atoms with van der Waals surface area (Å²) in [6, 6.07) is 0. The highest BCUT2D eigenvalue weighted by Crippen LogP contribution is 2.28. The fourth-order valence-corrected chi connectivity index (χ4v) is 4.79. The molecular formula is C19H30N6O2. The molecule has 148 valence electrons. The van der Waals surface area contributed by atoms with Crippen LogP contribution in [0.2, 0.25) is 0 Å². The minimum atomic E-state index is -0.0818. The Morgan fingerprint density at radius 2 is 1.59 bits per heavy atom. The standard InChI is InChI=1S/C19H30N6O2/c1-23-13-21-22-17(23)14-4-8-25(9-5-14)19(27)16-10-15(11-20-12-16)18(26)24-6-2-3-7-24/h13-16,20H,2-12H2,1H3. The van der Waals surface area contributed by atoms with Crippen LogP contribution in [0.1, 0.15) is 43.8 Å². The van der Waals surface area contributed by atoms with Gasteiger partial charge >= 0.3 is 0 Å². The monoisotopic (exact) mass is 374 g/mol. The number of nitrogens with zero attached hydrogens (tertiary/aromatic N) is 5. The van der Waals surface area contributed by atoms with Gasteiger partial charge in [0.25, 0.3) is 0 Å². The Kier molecular flexibility index (Phi) is 5.43. The number of aromatic nitrogens is 3. The Bertz CT molecular complexity index is 675. The highest BCUT2D eigenvalue weighted by Gasteiger charge is 2.36. The van der Waals surface area contributed by atoms with E-state index < -0.39 is 0 Å². The van der Waals surface area contributed by atoms with Crippen molar-refractivity contribution in [3.05, 3.63) is 12.2 Å². The summed E-state index contributed by atoms with van der Waals surface area (Å²) in [6.07, 6.45) is 6.48. The molecule has 3 aliphatic heterocycles. The quantitative estimate of drug-likeness (QED) is 0.826. The molecule has 3 aliphatic rings. The summed E-state index contributed by atoms with van der Waals surface area (Å²) in [6.45, 7) is 4.67. The first kappa shape index (κ1) is 18.4. The minimum absolute atomic E-state index is 0.0537. The zero-order chi connectivity index (χ0) is 18.8. The first-order valence-electron chi connectivity index (χ1n) is 10.3. The van der Waals surface area contributed by atoms with Crippen molar-refractivity contribution in [2.75, 3.05) is 39.3 Å². The van der Waals surface area contributed by atoms with Crippen molar-refractivity contribution < 1.29 is 9.59 Å². The third kappa shape index (κ3) is 3.85. The van der Waals surface area contributed by atoms with Gasteiger partial charge in [0.15, 0.2) is 0 Å². The Morgan fingerprint density at radius 3 is 2.15 bits per heavy atom. The number of carbonyl (C=O) groups excluding carboxylic acids is 2. The number of piperidine rings is 2. The van der Waals surface area contributed by atoms with Crippen molar-refractivity contribution in [1.29, 1.82) is 0 Å². The van der Waals surface area contributed by atoms with Crippen LogP contribution < -0.4 is 5.32 Å². The lowest BCUT2D eigenvalue weighted by atomic mass is 9.87. The molecule has 0 spiro atoms. The smallest absolute Gasteiger partial charge is 0.226 e. The van der Waals surface area contributed by atoms with Gasteiger partial charge in [-0.25, -0.2) is 0 Å². The summed E-state index contributed by atoms with van der Waals surface area (Å²) in [5, 5.41) is 11.5. The van der Waals surface area contributed by atoms with Gasteiger partial charge in [-0.1, -0.05) is 0 Å². The number of nitrogens with one attached hydrogen (secondary N) is 1. The van der Waals surface area contributed by atoms with Crippen LogP contribution in [-0.2, 0) is 16.6 Å². The molecule has 0 aliphatic carbocycles. The zero-order valence-electron chi connectivity index (χ0n) is 16.1. The summed E-state index contributed by atoms with van der Waals surface area (Å²) in [4.78, 5) is 29.7. The predicted octanol–water partition coefficient (Wildman–Crippen LogP) is 0.369. The highest BCUT2D eigenvalue weighted by atomic mass is 16.2. The molecule has 2 amide bonds. The number of amides is 2. The molecule has 27 heavy (non-hydrogen) atoms. The summed E-state index contributed by atoms with van der Waals surface area (Å²) < 4.78 is 1.97. The van der Waals surface area contributed by atoms with E-state index in [-0.39, 0.29) is 23.7 Å². The first-order chi connectivity index (χ1) is 13.1. The zero-order valence-corrected chi connectivity index (χ0v) is 16.1. The second kappa shape index (κ2) is 7.96. The maximum atomic E-state index is 13.0. The average molecular weight is 374 g/mol. The lowest BCUT2D eigenvalue weighted by Gasteiger charge is -2.37. The van der Waals surface area contributed by atoms with Crippen molar-refractivity contribution in [3.63, 3.8) is 0 Å². The van der Waals surface area contributed by atoms with Crippen LogP contribution in [0.3, 0.4) is 0 Å². The van der Waals surface area contributed by atoms with Gasteiger partial charge in [-0.05, 0) is 32.1 Å². The molecule has 3 fully saturated rings. The van der Waals surface area contributed by atoms with Crippen molar-refractivity contribution in [1.82, 2.24) is 29.9 Å². The molecule has 4 heterocycles. The number of likely N-dealkylation sites (tertiary alicyclic amines) is 2. The van der Waals surface area contributed by atoms with Crippen LogP contribution >= 0.6 is 0 Å². The fraction of sp³-hybridized carbons (Fsp3) is 0.789. The van der Waals surface area contributed by atoms with Crippen LogP contribution in [0.25, 0.3) is 0 Å². The fourth-order valence-electron chi connectivity index (χ4n) is 4.79. The molecule has 0 aromatic carbocycles. The number of aryl methyl sites for hydroxylation is 1. The molecule has 4 rings (SSSR count). The maximum Gasteiger partial charge on any atom is 0.226 e. The van der Waals surface area contributed by atoms with E-state index in [0.717, 1.165) is 57.7 Å². The van der Waals surface area contributed by atoms with Crippen molar-refractivity contribution >= 4 is 11.8 Å². The van der Waals surface area contributed by atoms with Gasteiger partial charge < -0.3 is 19.7 Å². The van der Waals surface area contributed by atoms with Crippen LogP contribution in [0, 0.1) is 11.8 Å². The Morgan fingerprint density at radius 1 is 1.00 bits per heavy atom. The molecule has 0 radical (unpaired) electrons. The summed E-state index contributed by atoms with van der Waals surface area (Å²) in [5.41, 5.74) is 0. The average Bonchev–Trinajstić information content (AvgIpc) is 3.39. The lowest BCUT2D eigenvalue weighted by Crippen LogP contribution is -2.50. The van der Waals surface area contributed by atoms with Gasteiger partial charge in [-0.2, -0.15) is 0 Å². The Balaban J connectivity index is 1.31. The molecule has 0 saturated carbocycles. The summed E-state index contributed by atoms with van der Waals surface area (Å²) >= 11 is 0. The second-order valence-electron chi connectivity index (χ2n) is 8.22.